The van der Waals surface area contributed by atoms with Crippen LogP contribution in [0.2, 0.25) is 0 Å². The maximum Gasteiger partial charge on any atom is 0.410 e. The molecule has 1 N–H and O–H groups in total. The highest BCUT2D eigenvalue weighted by molar-refractivity contribution is 5.74. The minimum Gasteiger partial charge on any atom is -0.481 e. The van der Waals surface area contributed by atoms with Crippen LogP contribution in [0.15, 0.2) is 12.7 Å². The van der Waals surface area contributed by atoms with Gasteiger partial charge >= 0.3 is 12.1 Å². The number of carbonyl (C=O) groups is 2. The van der Waals surface area contributed by atoms with Crippen LogP contribution >= 0.6 is 0 Å². The summed E-state index contributed by atoms with van der Waals surface area (Å²) in [6, 6.07) is 0. The SMILES string of the molecule is C=CCOC(=O)N1C[C@@H](C)[C@H](C(=O)O)C1. The zero-order valence-corrected chi connectivity index (χ0v) is 8.68. The van der Waals surface area contributed by atoms with Gasteiger partial charge in [-0.2, -0.15) is 0 Å². The van der Waals surface area contributed by atoms with Gasteiger partial charge in [0.1, 0.15) is 6.61 Å². The third kappa shape index (κ3) is 2.71. The Bertz CT molecular complexity index is 277. The molecule has 1 rings (SSSR count). The van der Waals surface area contributed by atoms with E-state index in [1.165, 1.54) is 11.0 Å². The molecule has 0 bridgehead atoms. The summed E-state index contributed by atoms with van der Waals surface area (Å²) in [5.41, 5.74) is 0. The van der Waals surface area contributed by atoms with Crippen molar-refractivity contribution in [1.29, 1.82) is 0 Å². The van der Waals surface area contributed by atoms with Gasteiger partial charge in [-0.1, -0.05) is 19.6 Å². The van der Waals surface area contributed by atoms with Crippen LogP contribution < -0.4 is 0 Å². The van der Waals surface area contributed by atoms with Crippen molar-refractivity contribution >= 4 is 12.1 Å². The van der Waals surface area contributed by atoms with Gasteiger partial charge in [0.25, 0.3) is 0 Å². The van der Waals surface area contributed by atoms with Crippen LogP contribution in [0.1, 0.15) is 6.92 Å². The average molecular weight is 213 g/mol. The summed E-state index contributed by atoms with van der Waals surface area (Å²) in [5, 5.41) is 8.86. The number of rotatable bonds is 3. The van der Waals surface area contributed by atoms with Crippen molar-refractivity contribution in [2.24, 2.45) is 11.8 Å². The maximum absolute atomic E-state index is 11.4. The second-order valence-electron chi connectivity index (χ2n) is 3.69. The third-order valence-corrected chi connectivity index (χ3v) is 2.51. The van der Waals surface area contributed by atoms with E-state index in [-0.39, 0.29) is 19.1 Å². The van der Waals surface area contributed by atoms with Crippen molar-refractivity contribution in [2.75, 3.05) is 19.7 Å². The number of hydrogen-bond acceptors (Lipinski definition) is 3. The first kappa shape index (κ1) is 11.6. The van der Waals surface area contributed by atoms with Crippen LogP contribution in [0.25, 0.3) is 0 Å². The average Bonchev–Trinajstić information content (AvgIpc) is 2.56. The normalized spacial score (nSPS) is 25.0. The summed E-state index contributed by atoms with van der Waals surface area (Å²) < 4.78 is 4.83. The number of nitrogens with zero attached hydrogens (tertiary/aromatic N) is 1. The van der Waals surface area contributed by atoms with Crippen LogP contribution in [-0.2, 0) is 9.53 Å². The predicted molar refractivity (Wildman–Crippen MR) is 53.4 cm³/mol. The van der Waals surface area contributed by atoms with Crippen molar-refractivity contribution < 1.29 is 19.4 Å². The monoisotopic (exact) mass is 213 g/mol. The fraction of sp³-hybridized carbons (Fsp3) is 0.600. The number of hydrogen-bond donors (Lipinski definition) is 1. The minimum absolute atomic E-state index is 0.0289. The Labute approximate surface area is 88.3 Å². The highest BCUT2D eigenvalue weighted by atomic mass is 16.6. The Morgan fingerprint density at radius 3 is 2.73 bits per heavy atom. The summed E-state index contributed by atoms with van der Waals surface area (Å²) >= 11 is 0. The first-order valence-electron chi connectivity index (χ1n) is 4.81. The summed E-state index contributed by atoms with van der Waals surface area (Å²) in [6.45, 7) is 6.07. The van der Waals surface area contributed by atoms with E-state index >= 15 is 0 Å². The molecule has 0 aromatic heterocycles. The van der Waals surface area contributed by atoms with Crippen LogP contribution in [-0.4, -0.2) is 41.8 Å². The maximum atomic E-state index is 11.4. The molecule has 0 spiro atoms. The van der Waals surface area contributed by atoms with Gasteiger partial charge in [-0.3, -0.25) is 4.79 Å². The third-order valence-electron chi connectivity index (χ3n) is 2.51. The first-order valence-corrected chi connectivity index (χ1v) is 4.81. The van der Waals surface area contributed by atoms with Gasteiger partial charge in [0.15, 0.2) is 0 Å². The Morgan fingerprint density at radius 2 is 2.27 bits per heavy atom. The van der Waals surface area contributed by atoms with Crippen LogP contribution in [0.5, 0.6) is 0 Å². The topological polar surface area (TPSA) is 66.8 Å². The molecule has 15 heavy (non-hydrogen) atoms. The van der Waals surface area contributed by atoms with E-state index < -0.39 is 18.0 Å². The Morgan fingerprint density at radius 1 is 1.60 bits per heavy atom. The highest BCUT2D eigenvalue weighted by Crippen LogP contribution is 2.23. The number of carbonyl (C=O) groups excluding carboxylic acids is 1. The van der Waals surface area contributed by atoms with E-state index in [4.69, 9.17) is 9.84 Å². The predicted octanol–water partition coefficient (Wildman–Crippen LogP) is 0.962. The van der Waals surface area contributed by atoms with Gasteiger partial charge in [0.2, 0.25) is 0 Å². The first-order chi connectivity index (χ1) is 7.06. The van der Waals surface area contributed by atoms with Crippen LogP contribution in [0.4, 0.5) is 4.79 Å². The Hall–Kier alpha value is -1.52. The molecule has 0 aromatic rings. The molecule has 0 unspecified atom stereocenters. The molecule has 0 radical (unpaired) electrons. The van der Waals surface area contributed by atoms with Crippen molar-refractivity contribution in [2.45, 2.75) is 6.92 Å². The van der Waals surface area contributed by atoms with Crippen molar-refractivity contribution in [3.05, 3.63) is 12.7 Å². The summed E-state index contributed by atoms with van der Waals surface area (Å²) in [6.07, 6.45) is 1.01. The second kappa shape index (κ2) is 4.82. The Balaban J connectivity index is 2.50. The summed E-state index contributed by atoms with van der Waals surface area (Å²) in [7, 11) is 0. The molecule has 1 heterocycles. The minimum atomic E-state index is -0.860. The van der Waals surface area contributed by atoms with Gasteiger partial charge in [-0.25, -0.2) is 4.79 Å². The number of carboxylic acids is 1. The quantitative estimate of drug-likeness (QED) is 0.709. The zero-order chi connectivity index (χ0) is 11.4. The van der Waals surface area contributed by atoms with Gasteiger partial charge in [0, 0.05) is 13.1 Å². The zero-order valence-electron chi connectivity index (χ0n) is 8.68. The van der Waals surface area contributed by atoms with Gasteiger partial charge in [-0.15, -0.1) is 0 Å². The van der Waals surface area contributed by atoms with E-state index in [9.17, 15) is 9.59 Å². The lowest BCUT2D eigenvalue weighted by atomic mass is 9.99. The van der Waals surface area contributed by atoms with Crippen molar-refractivity contribution in [3.8, 4) is 0 Å². The molecule has 1 saturated heterocycles. The molecule has 1 fully saturated rings. The smallest absolute Gasteiger partial charge is 0.410 e. The van der Waals surface area contributed by atoms with Gasteiger partial charge < -0.3 is 14.7 Å². The fourth-order valence-electron chi connectivity index (χ4n) is 1.66. The van der Waals surface area contributed by atoms with E-state index in [2.05, 4.69) is 6.58 Å². The molecule has 5 nitrogen and oxygen atoms in total. The lowest BCUT2D eigenvalue weighted by Crippen LogP contribution is -2.30. The highest BCUT2D eigenvalue weighted by Gasteiger charge is 2.37. The number of amides is 1. The lowest BCUT2D eigenvalue weighted by molar-refractivity contribution is -0.142. The fourth-order valence-corrected chi connectivity index (χ4v) is 1.66. The van der Waals surface area contributed by atoms with Gasteiger partial charge in [-0.05, 0) is 5.92 Å². The van der Waals surface area contributed by atoms with E-state index in [0.29, 0.717) is 6.54 Å². The molecule has 1 amide bonds. The van der Waals surface area contributed by atoms with E-state index in [1.807, 2.05) is 6.92 Å². The van der Waals surface area contributed by atoms with E-state index in [0.717, 1.165) is 0 Å². The molecular weight excluding hydrogens is 198 g/mol. The van der Waals surface area contributed by atoms with Crippen LogP contribution in [0, 0.1) is 11.8 Å². The molecule has 1 aliphatic rings. The molecule has 84 valence electrons. The molecule has 2 atom stereocenters. The van der Waals surface area contributed by atoms with E-state index in [1.54, 1.807) is 0 Å². The van der Waals surface area contributed by atoms with Crippen molar-refractivity contribution in [3.63, 3.8) is 0 Å². The molecule has 0 saturated carbocycles. The number of aliphatic carboxylic acids is 1. The number of ether oxygens (including phenoxy) is 1. The lowest BCUT2D eigenvalue weighted by Gasteiger charge is -2.14. The molecular formula is C10H15NO4. The number of likely N-dealkylation sites (tertiary alicyclic amines) is 1. The second-order valence-corrected chi connectivity index (χ2v) is 3.69. The van der Waals surface area contributed by atoms with Crippen LogP contribution in [0.3, 0.4) is 0 Å². The van der Waals surface area contributed by atoms with Gasteiger partial charge in [0.05, 0.1) is 5.92 Å². The molecule has 1 aliphatic heterocycles. The molecule has 0 aromatic carbocycles. The standard InChI is InChI=1S/C10H15NO4/c1-3-4-15-10(14)11-5-7(2)8(6-11)9(12)13/h3,7-8H,1,4-6H2,2H3,(H,12,13)/t7-,8-/m1/s1. The van der Waals surface area contributed by atoms with Crippen molar-refractivity contribution in [1.82, 2.24) is 4.90 Å². The summed E-state index contributed by atoms with van der Waals surface area (Å²) in [5.74, 6) is -1.37. The summed E-state index contributed by atoms with van der Waals surface area (Å²) in [4.78, 5) is 23.6. The Kier molecular flexibility index (Phi) is 3.71. The molecule has 5 heteroatoms. The molecule has 0 aliphatic carbocycles. The number of carboxylic acid groups (broad SMARTS) is 1. The largest absolute Gasteiger partial charge is 0.481 e.